The van der Waals surface area contributed by atoms with Gasteiger partial charge in [0.15, 0.2) is 0 Å². The Hall–Kier alpha value is -0.0800. The molecule has 0 spiro atoms. The van der Waals surface area contributed by atoms with Crippen molar-refractivity contribution in [2.45, 2.75) is 38.1 Å². The molecule has 2 heterocycles. The Kier molecular flexibility index (Phi) is 1.29. The lowest BCUT2D eigenvalue weighted by atomic mass is 9.63. The maximum Gasteiger partial charge on any atom is 0.0875 e. The van der Waals surface area contributed by atoms with E-state index in [-0.39, 0.29) is 0 Å². The molecule has 2 nitrogen and oxygen atoms in total. The van der Waals surface area contributed by atoms with Gasteiger partial charge in [0.1, 0.15) is 0 Å². The molecule has 6 fully saturated rings. The van der Waals surface area contributed by atoms with E-state index in [0.717, 1.165) is 54.0 Å². The summed E-state index contributed by atoms with van der Waals surface area (Å²) < 4.78 is 11.9. The molecule has 0 radical (unpaired) electrons. The molecular formula is C15H20O2. The molecular weight excluding hydrogens is 212 g/mol. The molecule has 0 aromatic heterocycles. The van der Waals surface area contributed by atoms with E-state index in [1.165, 1.54) is 6.42 Å². The van der Waals surface area contributed by atoms with Crippen LogP contribution < -0.4 is 0 Å². The lowest BCUT2D eigenvalue weighted by molar-refractivity contribution is 0.0640. The third-order valence-corrected chi connectivity index (χ3v) is 7.55. The van der Waals surface area contributed by atoms with Gasteiger partial charge in [0.25, 0.3) is 0 Å². The first-order valence-corrected chi connectivity index (χ1v) is 7.61. The van der Waals surface area contributed by atoms with Gasteiger partial charge in [-0.15, -0.1) is 0 Å². The summed E-state index contributed by atoms with van der Waals surface area (Å²) in [5.41, 5.74) is 0. The minimum atomic E-state index is 0.547. The molecule has 2 saturated heterocycles. The molecule has 2 heteroatoms. The minimum Gasteiger partial charge on any atom is -0.378 e. The van der Waals surface area contributed by atoms with Gasteiger partial charge in [-0.1, -0.05) is 0 Å². The SMILES string of the molecule is CC1OCC2C3CC(C12)C1C2CC(C4OC24)C31. The summed E-state index contributed by atoms with van der Waals surface area (Å²) in [4.78, 5) is 0. The number of rotatable bonds is 0. The third kappa shape index (κ3) is 0.779. The van der Waals surface area contributed by atoms with Crippen molar-refractivity contribution in [1.82, 2.24) is 0 Å². The number of hydrogen-bond acceptors (Lipinski definition) is 2. The highest BCUT2D eigenvalue weighted by Gasteiger charge is 2.75. The molecule has 11 unspecified atom stereocenters. The molecule has 4 bridgehead atoms. The van der Waals surface area contributed by atoms with E-state index in [2.05, 4.69) is 6.92 Å². The molecule has 2 aliphatic heterocycles. The van der Waals surface area contributed by atoms with Gasteiger partial charge in [-0.2, -0.15) is 0 Å². The van der Waals surface area contributed by atoms with E-state index in [0.29, 0.717) is 18.3 Å². The van der Waals surface area contributed by atoms with Gasteiger partial charge in [-0.3, -0.25) is 0 Å². The normalized spacial score (nSPS) is 77.1. The predicted molar refractivity (Wildman–Crippen MR) is 61.2 cm³/mol. The lowest BCUT2D eigenvalue weighted by Crippen LogP contribution is -2.41. The molecule has 6 rings (SSSR count). The fourth-order valence-electron chi connectivity index (χ4n) is 7.35. The zero-order valence-electron chi connectivity index (χ0n) is 10.3. The lowest BCUT2D eigenvalue weighted by Gasteiger charge is -2.39. The van der Waals surface area contributed by atoms with E-state index in [4.69, 9.17) is 9.47 Å². The molecule has 6 aliphatic rings. The summed E-state index contributed by atoms with van der Waals surface area (Å²) in [6.45, 7) is 3.40. The Labute approximate surface area is 102 Å². The average molecular weight is 232 g/mol. The molecule has 4 aliphatic carbocycles. The van der Waals surface area contributed by atoms with Gasteiger partial charge >= 0.3 is 0 Å². The fourth-order valence-corrected chi connectivity index (χ4v) is 7.35. The van der Waals surface area contributed by atoms with Crippen LogP contribution in [0, 0.1) is 47.3 Å². The number of fused-ring (bicyclic) bond motifs is 15. The van der Waals surface area contributed by atoms with Gasteiger partial charge in [0.05, 0.1) is 24.9 Å². The first-order chi connectivity index (χ1) is 8.34. The molecule has 17 heavy (non-hydrogen) atoms. The summed E-state index contributed by atoms with van der Waals surface area (Å²) >= 11 is 0. The number of ether oxygens (including phenoxy) is 2. The zero-order chi connectivity index (χ0) is 10.9. The molecule has 92 valence electrons. The Bertz CT molecular complexity index is 408. The van der Waals surface area contributed by atoms with Crippen LogP contribution in [-0.2, 0) is 9.47 Å². The fraction of sp³-hybridized carbons (Fsp3) is 1.00. The van der Waals surface area contributed by atoms with Crippen LogP contribution in [0.1, 0.15) is 19.8 Å². The van der Waals surface area contributed by atoms with Crippen molar-refractivity contribution in [2.24, 2.45) is 47.3 Å². The van der Waals surface area contributed by atoms with Gasteiger partial charge in [0, 0.05) is 0 Å². The van der Waals surface area contributed by atoms with Crippen molar-refractivity contribution in [3.05, 3.63) is 0 Å². The first-order valence-electron chi connectivity index (χ1n) is 7.61. The topological polar surface area (TPSA) is 21.8 Å². The molecule has 0 N–H and O–H groups in total. The Balaban J connectivity index is 1.46. The second kappa shape index (κ2) is 2.46. The van der Waals surface area contributed by atoms with Crippen LogP contribution in [0.2, 0.25) is 0 Å². The maximum absolute atomic E-state index is 5.96. The predicted octanol–water partition coefficient (Wildman–Crippen LogP) is 1.94. The van der Waals surface area contributed by atoms with Crippen LogP contribution in [0.3, 0.4) is 0 Å². The standard InChI is InChI=1S/C15H20O2/c1-5-11-7-2-6(10(11)4-16-5)12-8-3-9(13(7)12)15-14(8)17-15/h5-15H,2-4H2,1H3. The molecule has 4 saturated carbocycles. The third-order valence-electron chi connectivity index (χ3n) is 7.55. The van der Waals surface area contributed by atoms with Gasteiger partial charge < -0.3 is 9.47 Å². The Morgan fingerprint density at radius 2 is 1.47 bits per heavy atom. The van der Waals surface area contributed by atoms with E-state index >= 15 is 0 Å². The maximum atomic E-state index is 5.96. The zero-order valence-corrected chi connectivity index (χ0v) is 10.3. The number of hydrogen-bond donors (Lipinski definition) is 0. The minimum absolute atomic E-state index is 0.547. The van der Waals surface area contributed by atoms with Crippen molar-refractivity contribution in [1.29, 1.82) is 0 Å². The second-order valence-electron chi connectivity index (χ2n) is 7.63. The average Bonchev–Trinajstić information content (AvgIpc) is 2.78. The van der Waals surface area contributed by atoms with E-state index in [1.54, 1.807) is 6.42 Å². The highest BCUT2D eigenvalue weighted by Crippen LogP contribution is 2.75. The van der Waals surface area contributed by atoms with Crippen LogP contribution in [0.25, 0.3) is 0 Å². The summed E-state index contributed by atoms with van der Waals surface area (Å²) in [7, 11) is 0. The van der Waals surface area contributed by atoms with Crippen LogP contribution >= 0.6 is 0 Å². The highest BCUT2D eigenvalue weighted by molar-refractivity contribution is 5.22. The number of epoxide rings is 1. The van der Waals surface area contributed by atoms with E-state index < -0.39 is 0 Å². The van der Waals surface area contributed by atoms with Crippen LogP contribution in [0.15, 0.2) is 0 Å². The summed E-state index contributed by atoms with van der Waals surface area (Å²) in [6, 6.07) is 0. The summed E-state index contributed by atoms with van der Waals surface area (Å²) in [5, 5.41) is 0. The van der Waals surface area contributed by atoms with Crippen LogP contribution in [0.5, 0.6) is 0 Å². The van der Waals surface area contributed by atoms with Crippen molar-refractivity contribution < 1.29 is 9.47 Å². The Morgan fingerprint density at radius 3 is 2.29 bits per heavy atom. The van der Waals surface area contributed by atoms with Crippen LogP contribution in [-0.4, -0.2) is 24.9 Å². The van der Waals surface area contributed by atoms with Crippen molar-refractivity contribution in [2.75, 3.05) is 6.61 Å². The largest absolute Gasteiger partial charge is 0.378 e. The smallest absolute Gasteiger partial charge is 0.0875 e. The molecule has 11 atom stereocenters. The van der Waals surface area contributed by atoms with Gasteiger partial charge in [0.2, 0.25) is 0 Å². The molecule has 0 aromatic carbocycles. The van der Waals surface area contributed by atoms with Crippen molar-refractivity contribution in [3.63, 3.8) is 0 Å². The van der Waals surface area contributed by atoms with Crippen molar-refractivity contribution >= 4 is 0 Å². The van der Waals surface area contributed by atoms with Crippen molar-refractivity contribution in [3.8, 4) is 0 Å². The van der Waals surface area contributed by atoms with Gasteiger partial charge in [-0.25, -0.2) is 0 Å². The quantitative estimate of drug-likeness (QED) is 0.470. The monoisotopic (exact) mass is 232 g/mol. The highest BCUT2D eigenvalue weighted by atomic mass is 16.6. The van der Waals surface area contributed by atoms with Crippen LogP contribution in [0.4, 0.5) is 0 Å². The molecule has 0 aromatic rings. The second-order valence-corrected chi connectivity index (χ2v) is 7.63. The van der Waals surface area contributed by atoms with E-state index in [9.17, 15) is 0 Å². The first kappa shape index (κ1) is 8.92. The summed E-state index contributed by atoms with van der Waals surface area (Å²) in [5.74, 6) is 7.86. The summed E-state index contributed by atoms with van der Waals surface area (Å²) in [6.07, 6.45) is 5.03. The van der Waals surface area contributed by atoms with Gasteiger partial charge in [-0.05, 0) is 67.1 Å². The molecule has 0 amide bonds. The van der Waals surface area contributed by atoms with E-state index in [1.807, 2.05) is 0 Å². The Morgan fingerprint density at radius 1 is 0.765 bits per heavy atom.